The van der Waals surface area contributed by atoms with Crippen LogP contribution in [0.1, 0.15) is 11.8 Å². The zero-order chi connectivity index (χ0) is 11.9. The van der Waals surface area contributed by atoms with E-state index in [0.29, 0.717) is 6.61 Å². The van der Waals surface area contributed by atoms with Gasteiger partial charge in [-0.3, -0.25) is 4.40 Å². The Hall–Kier alpha value is -2.01. The molecule has 0 amide bonds. The normalized spacial score (nSPS) is 18.1. The van der Waals surface area contributed by atoms with Crippen molar-refractivity contribution in [3.05, 3.63) is 47.7 Å². The summed E-state index contributed by atoms with van der Waals surface area (Å²) in [5.41, 5.74) is 0.913. The minimum absolute atomic E-state index is 0.132. The average Bonchev–Trinajstić information content (AvgIpc) is 2.99. The maximum absolute atomic E-state index is 5.92. The Morgan fingerprint density at radius 2 is 2.17 bits per heavy atom. The molecular formula is C13H10N2O2S. The van der Waals surface area contributed by atoms with Crippen molar-refractivity contribution in [2.24, 2.45) is 0 Å². The Labute approximate surface area is 107 Å². The zero-order valence-electron chi connectivity index (χ0n) is 9.45. The van der Waals surface area contributed by atoms with Crippen LogP contribution in [0.15, 0.2) is 42.0 Å². The van der Waals surface area contributed by atoms with E-state index in [4.69, 9.17) is 9.47 Å². The van der Waals surface area contributed by atoms with E-state index in [1.807, 2.05) is 46.4 Å². The van der Waals surface area contributed by atoms with Gasteiger partial charge in [-0.2, -0.15) is 0 Å². The molecule has 0 saturated carbocycles. The van der Waals surface area contributed by atoms with Gasteiger partial charge in [0.2, 0.25) is 0 Å². The summed E-state index contributed by atoms with van der Waals surface area (Å²) in [5.74, 6) is 1.58. The number of aromatic nitrogens is 2. The van der Waals surface area contributed by atoms with Crippen molar-refractivity contribution < 1.29 is 9.47 Å². The first-order valence-electron chi connectivity index (χ1n) is 5.71. The van der Waals surface area contributed by atoms with E-state index < -0.39 is 0 Å². The summed E-state index contributed by atoms with van der Waals surface area (Å²) < 4.78 is 13.6. The quantitative estimate of drug-likeness (QED) is 0.673. The van der Waals surface area contributed by atoms with Gasteiger partial charge in [0.1, 0.15) is 12.3 Å². The molecule has 3 heterocycles. The molecule has 1 aliphatic heterocycles. The van der Waals surface area contributed by atoms with Crippen molar-refractivity contribution in [1.29, 1.82) is 0 Å². The number of nitrogens with zero attached hydrogens (tertiary/aromatic N) is 2. The van der Waals surface area contributed by atoms with Gasteiger partial charge >= 0.3 is 0 Å². The molecule has 0 bridgehead atoms. The minimum atomic E-state index is -0.132. The highest BCUT2D eigenvalue weighted by molar-refractivity contribution is 7.15. The number of imidazole rings is 1. The van der Waals surface area contributed by atoms with Crippen LogP contribution in [-0.4, -0.2) is 16.0 Å². The number of hydrogen-bond donors (Lipinski definition) is 0. The third kappa shape index (κ3) is 1.48. The topological polar surface area (TPSA) is 35.8 Å². The second-order valence-electron chi connectivity index (χ2n) is 4.12. The van der Waals surface area contributed by atoms with Gasteiger partial charge in [-0.25, -0.2) is 4.98 Å². The fourth-order valence-corrected chi connectivity index (χ4v) is 2.77. The lowest BCUT2D eigenvalue weighted by atomic mass is 10.2. The highest BCUT2D eigenvalue weighted by atomic mass is 32.1. The number of benzene rings is 1. The molecule has 18 heavy (non-hydrogen) atoms. The molecule has 1 atom stereocenters. The third-order valence-electron chi connectivity index (χ3n) is 2.95. The molecule has 0 radical (unpaired) electrons. The molecule has 4 nitrogen and oxygen atoms in total. The Balaban J connectivity index is 1.69. The van der Waals surface area contributed by atoms with Crippen LogP contribution in [0.2, 0.25) is 0 Å². The average molecular weight is 258 g/mol. The Bertz CT molecular complexity index is 675. The summed E-state index contributed by atoms with van der Waals surface area (Å²) in [4.78, 5) is 5.52. The molecule has 1 unspecified atom stereocenters. The van der Waals surface area contributed by atoms with E-state index in [0.717, 1.165) is 22.2 Å². The van der Waals surface area contributed by atoms with Crippen LogP contribution in [0.4, 0.5) is 0 Å². The largest absolute Gasteiger partial charge is 0.485 e. The molecule has 4 rings (SSSR count). The van der Waals surface area contributed by atoms with Crippen molar-refractivity contribution in [2.45, 2.75) is 6.10 Å². The lowest BCUT2D eigenvalue weighted by molar-refractivity contribution is 0.0887. The lowest BCUT2D eigenvalue weighted by Gasteiger charge is -2.25. The third-order valence-corrected chi connectivity index (χ3v) is 3.72. The van der Waals surface area contributed by atoms with Gasteiger partial charge in [-0.05, 0) is 12.1 Å². The highest BCUT2D eigenvalue weighted by Crippen LogP contribution is 2.35. The number of ether oxygens (including phenoxy) is 2. The van der Waals surface area contributed by atoms with Crippen LogP contribution in [-0.2, 0) is 0 Å². The van der Waals surface area contributed by atoms with Crippen LogP contribution in [0.3, 0.4) is 0 Å². The second kappa shape index (κ2) is 3.74. The number of fused-ring (bicyclic) bond motifs is 2. The van der Waals surface area contributed by atoms with Gasteiger partial charge in [0.25, 0.3) is 0 Å². The Kier molecular flexibility index (Phi) is 2.07. The van der Waals surface area contributed by atoms with Crippen molar-refractivity contribution in [3.8, 4) is 11.5 Å². The zero-order valence-corrected chi connectivity index (χ0v) is 10.3. The monoisotopic (exact) mass is 258 g/mol. The van der Waals surface area contributed by atoms with E-state index in [2.05, 4.69) is 4.98 Å². The standard InChI is InChI=1S/C13H10N2O2S/c1-2-4-11-10(3-1)16-8-12(17-11)9-7-15-5-6-18-13(15)14-9/h1-7,12H,8H2. The number of hydrogen-bond acceptors (Lipinski definition) is 4. The molecule has 0 N–H and O–H groups in total. The fraction of sp³-hybridized carbons (Fsp3) is 0.154. The van der Waals surface area contributed by atoms with Crippen LogP contribution >= 0.6 is 11.3 Å². The SMILES string of the molecule is c1ccc2c(c1)OCC(c1cn3ccsc3n1)O2. The van der Waals surface area contributed by atoms with Crippen LogP contribution in [0.25, 0.3) is 4.96 Å². The molecule has 5 heteroatoms. The number of thiazole rings is 1. The van der Waals surface area contributed by atoms with Crippen molar-refractivity contribution in [3.63, 3.8) is 0 Å². The maximum atomic E-state index is 5.92. The van der Waals surface area contributed by atoms with Crippen LogP contribution in [0, 0.1) is 0 Å². The van der Waals surface area contributed by atoms with Gasteiger partial charge in [-0.15, -0.1) is 11.3 Å². The Morgan fingerprint density at radius 1 is 1.28 bits per heavy atom. The first-order valence-corrected chi connectivity index (χ1v) is 6.59. The predicted molar refractivity (Wildman–Crippen MR) is 68.4 cm³/mol. The summed E-state index contributed by atoms with van der Waals surface area (Å²) in [6, 6.07) is 7.71. The van der Waals surface area contributed by atoms with E-state index in [1.165, 1.54) is 0 Å². The van der Waals surface area contributed by atoms with Crippen molar-refractivity contribution in [1.82, 2.24) is 9.38 Å². The van der Waals surface area contributed by atoms with E-state index in [9.17, 15) is 0 Å². The van der Waals surface area contributed by atoms with Crippen LogP contribution in [0.5, 0.6) is 11.5 Å². The molecule has 1 aromatic carbocycles. The Morgan fingerprint density at radius 3 is 3.06 bits per heavy atom. The first kappa shape index (κ1) is 9.96. The van der Waals surface area contributed by atoms with Crippen LogP contribution < -0.4 is 9.47 Å². The van der Waals surface area contributed by atoms with Gasteiger partial charge in [0.15, 0.2) is 22.6 Å². The van der Waals surface area contributed by atoms with E-state index in [-0.39, 0.29) is 6.10 Å². The van der Waals surface area contributed by atoms with Gasteiger partial charge in [0, 0.05) is 17.8 Å². The van der Waals surface area contributed by atoms with Gasteiger partial charge < -0.3 is 9.47 Å². The second-order valence-corrected chi connectivity index (χ2v) is 5.00. The van der Waals surface area contributed by atoms with Gasteiger partial charge in [-0.1, -0.05) is 12.1 Å². The van der Waals surface area contributed by atoms with E-state index in [1.54, 1.807) is 11.3 Å². The van der Waals surface area contributed by atoms with E-state index >= 15 is 0 Å². The number of para-hydroxylation sites is 2. The maximum Gasteiger partial charge on any atom is 0.193 e. The molecule has 0 spiro atoms. The first-order chi connectivity index (χ1) is 8.90. The lowest BCUT2D eigenvalue weighted by Crippen LogP contribution is -2.21. The summed E-state index contributed by atoms with van der Waals surface area (Å²) in [6.45, 7) is 0.502. The van der Waals surface area contributed by atoms with Gasteiger partial charge in [0.05, 0.1) is 0 Å². The molecule has 90 valence electrons. The molecular weight excluding hydrogens is 248 g/mol. The summed E-state index contributed by atoms with van der Waals surface area (Å²) in [6.07, 6.45) is 3.86. The molecule has 0 aliphatic carbocycles. The summed E-state index contributed by atoms with van der Waals surface area (Å²) in [5, 5.41) is 2.01. The smallest absolute Gasteiger partial charge is 0.193 e. The molecule has 3 aromatic rings. The van der Waals surface area contributed by atoms with Crippen molar-refractivity contribution >= 4 is 16.3 Å². The van der Waals surface area contributed by atoms with Crippen molar-refractivity contribution in [2.75, 3.05) is 6.61 Å². The summed E-state index contributed by atoms with van der Waals surface area (Å²) >= 11 is 1.61. The molecule has 1 aliphatic rings. The molecule has 0 fully saturated rings. The summed E-state index contributed by atoms with van der Waals surface area (Å²) in [7, 11) is 0. The fourth-order valence-electron chi connectivity index (χ4n) is 2.07. The number of rotatable bonds is 1. The molecule has 2 aromatic heterocycles. The molecule has 0 saturated heterocycles. The minimum Gasteiger partial charge on any atom is -0.485 e. The predicted octanol–water partition coefficient (Wildman–Crippen LogP) is 2.91. The highest BCUT2D eigenvalue weighted by Gasteiger charge is 2.24.